The molecule has 3 heterocycles. The molecule has 1 aromatic carbocycles. The zero-order chi connectivity index (χ0) is 16.5. The van der Waals surface area contributed by atoms with Crippen molar-refractivity contribution in [2.24, 2.45) is 0 Å². The molecule has 0 aliphatic carbocycles. The van der Waals surface area contributed by atoms with Crippen molar-refractivity contribution in [2.45, 2.75) is 13.0 Å². The number of carbonyl (C=O) groups excluding carboxylic acids is 1. The zero-order valence-corrected chi connectivity index (χ0v) is 13.6. The van der Waals surface area contributed by atoms with E-state index < -0.39 is 0 Å². The molecule has 1 aliphatic rings. The Balaban J connectivity index is 1.67. The summed E-state index contributed by atoms with van der Waals surface area (Å²) in [4.78, 5) is 19.5. The Labute approximate surface area is 140 Å². The summed E-state index contributed by atoms with van der Waals surface area (Å²) in [6.45, 7) is 4.29. The number of aryl methyl sites for hydroxylation is 1. The topological polar surface area (TPSA) is 49.6 Å². The molecule has 0 bridgehead atoms. The molecule has 4 rings (SSSR count). The lowest BCUT2D eigenvalue weighted by molar-refractivity contribution is 0.0629. The zero-order valence-electron chi connectivity index (χ0n) is 13.6. The van der Waals surface area contributed by atoms with Gasteiger partial charge in [0.15, 0.2) is 0 Å². The molecule has 2 aromatic heterocycles. The number of amides is 1. The summed E-state index contributed by atoms with van der Waals surface area (Å²) in [5.74, 6) is -0.00768. The van der Waals surface area contributed by atoms with Crippen molar-refractivity contribution >= 4 is 11.6 Å². The minimum Gasteiger partial charge on any atom is -0.328 e. The Morgan fingerprint density at radius 1 is 1.17 bits per heavy atom. The Kier molecular flexibility index (Phi) is 3.78. The van der Waals surface area contributed by atoms with Gasteiger partial charge in [-0.2, -0.15) is 0 Å². The Morgan fingerprint density at radius 3 is 2.83 bits per heavy atom. The first-order valence-corrected chi connectivity index (χ1v) is 8.24. The summed E-state index contributed by atoms with van der Waals surface area (Å²) in [7, 11) is 0. The molecule has 0 saturated carbocycles. The van der Waals surface area contributed by atoms with Gasteiger partial charge in [-0.25, -0.2) is 4.98 Å². The Morgan fingerprint density at radius 2 is 2.00 bits per heavy atom. The smallest absolute Gasteiger partial charge is 0.274 e. The van der Waals surface area contributed by atoms with Crippen molar-refractivity contribution in [1.82, 2.24) is 19.6 Å². The van der Waals surface area contributed by atoms with Gasteiger partial charge in [-0.05, 0) is 24.1 Å². The fraction of sp³-hybridized carbons (Fsp3) is 0.263. The number of hydrogen-bond acceptors (Lipinski definition) is 3. The van der Waals surface area contributed by atoms with Crippen LogP contribution in [0.25, 0.3) is 5.65 Å². The minimum absolute atomic E-state index is 0.00768. The number of aromatic nitrogens is 2. The quantitative estimate of drug-likeness (QED) is 0.789. The van der Waals surface area contributed by atoms with Gasteiger partial charge in [0.25, 0.3) is 5.91 Å². The van der Waals surface area contributed by atoms with Gasteiger partial charge in [0, 0.05) is 32.0 Å². The molecule has 0 spiro atoms. The highest BCUT2D eigenvalue weighted by Crippen LogP contribution is 2.24. The lowest BCUT2D eigenvalue weighted by Crippen LogP contribution is -2.48. The molecule has 5 heteroatoms. The van der Waals surface area contributed by atoms with Gasteiger partial charge >= 0.3 is 0 Å². The van der Waals surface area contributed by atoms with Crippen LogP contribution >= 0.6 is 0 Å². The predicted octanol–water partition coefficient (Wildman–Crippen LogP) is 2.43. The normalized spacial score (nSPS) is 18.0. The number of hydrogen-bond donors (Lipinski definition) is 1. The second-order valence-corrected chi connectivity index (χ2v) is 6.23. The summed E-state index contributed by atoms with van der Waals surface area (Å²) in [6.07, 6.45) is 3.82. The van der Waals surface area contributed by atoms with E-state index in [-0.39, 0.29) is 11.9 Å². The number of rotatable bonds is 2. The number of benzene rings is 1. The van der Waals surface area contributed by atoms with Crippen LogP contribution in [0.15, 0.2) is 54.9 Å². The minimum atomic E-state index is -0.00768. The average molecular weight is 320 g/mol. The first kappa shape index (κ1) is 14.9. The summed E-state index contributed by atoms with van der Waals surface area (Å²) >= 11 is 0. The van der Waals surface area contributed by atoms with Crippen LogP contribution in [-0.4, -0.2) is 39.8 Å². The van der Waals surface area contributed by atoms with Gasteiger partial charge in [0.2, 0.25) is 0 Å². The predicted molar refractivity (Wildman–Crippen MR) is 93.0 cm³/mol. The molecular weight excluding hydrogens is 300 g/mol. The maximum absolute atomic E-state index is 13.1. The number of fused-ring (bicyclic) bond motifs is 1. The van der Waals surface area contributed by atoms with Crippen molar-refractivity contribution < 1.29 is 4.79 Å². The average Bonchev–Trinajstić information content (AvgIpc) is 3.05. The van der Waals surface area contributed by atoms with E-state index in [1.54, 1.807) is 0 Å². The van der Waals surface area contributed by atoms with E-state index in [1.165, 1.54) is 0 Å². The molecular formula is C19H20N4O. The van der Waals surface area contributed by atoms with Gasteiger partial charge in [0.05, 0.1) is 6.04 Å². The van der Waals surface area contributed by atoms with Crippen LogP contribution in [0.3, 0.4) is 0 Å². The molecule has 3 aromatic rings. The van der Waals surface area contributed by atoms with E-state index in [0.717, 1.165) is 29.9 Å². The van der Waals surface area contributed by atoms with Crippen LogP contribution in [0.1, 0.15) is 27.7 Å². The molecule has 24 heavy (non-hydrogen) atoms. The van der Waals surface area contributed by atoms with Gasteiger partial charge < -0.3 is 14.6 Å². The molecule has 0 unspecified atom stereocenters. The largest absolute Gasteiger partial charge is 0.328 e. The van der Waals surface area contributed by atoms with Gasteiger partial charge in [0.1, 0.15) is 11.3 Å². The van der Waals surface area contributed by atoms with Crippen LogP contribution in [0, 0.1) is 6.92 Å². The summed E-state index contributed by atoms with van der Waals surface area (Å²) in [5.41, 5.74) is 3.60. The highest BCUT2D eigenvalue weighted by atomic mass is 16.2. The van der Waals surface area contributed by atoms with Crippen LogP contribution in [0.4, 0.5) is 0 Å². The van der Waals surface area contributed by atoms with Gasteiger partial charge in [-0.3, -0.25) is 4.79 Å². The molecule has 1 aliphatic heterocycles. The number of nitrogens with one attached hydrogen (secondary N) is 1. The van der Waals surface area contributed by atoms with Gasteiger partial charge in [-0.1, -0.05) is 36.4 Å². The van der Waals surface area contributed by atoms with E-state index in [1.807, 2.05) is 58.9 Å². The first-order valence-electron chi connectivity index (χ1n) is 8.24. The van der Waals surface area contributed by atoms with E-state index in [4.69, 9.17) is 0 Å². The van der Waals surface area contributed by atoms with Crippen molar-refractivity contribution in [3.8, 4) is 0 Å². The standard InChI is InChI=1S/C19H20N4O/c1-14-7-8-18-21-16(13-22(18)12-14)19(24)23-10-9-20-11-17(23)15-5-3-2-4-6-15/h2-8,12-13,17,20H,9-11H2,1H3/t17-/m0/s1. The van der Waals surface area contributed by atoms with E-state index >= 15 is 0 Å². The van der Waals surface area contributed by atoms with E-state index in [9.17, 15) is 4.79 Å². The van der Waals surface area contributed by atoms with Gasteiger partial charge in [-0.15, -0.1) is 0 Å². The van der Waals surface area contributed by atoms with Crippen LogP contribution in [0.2, 0.25) is 0 Å². The van der Waals surface area contributed by atoms with Crippen molar-refractivity contribution in [2.75, 3.05) is 19.6 Å². The molecule has 1 saturated heterocycles. The maximum Gasteiger partial charge on any atom is 0.274 e. The second-order valence-electron chi connectivity index (χ2n) is 6.23. The van der Waals surface area contributed by atoms with Crippen molar-refractivity contribution in [3.05, 3.63) is 71.7 Å². The Bertz CT molecular complexity index is 871. The number of piperazine rings is 1. The molecule has 1 N–H and O–H groups in total. The fourth-order valence-electron chi connectivity index (χ4n) is 3.27. The van der Waals surface area contributed by atoms with Crippen LogP contribution in [0.5, 0.6) is 0 Å². The Hall–Kier alpha value is -2.66. The van der Waals surface area contributed by atoms with E-state index in [0.29, 0.717) is 12.2 Å². The summed E-state index contributed by atoms with van der Waals surface area (Å²) in [6, 6.07) is 14.2. The molecule has 5 nitrogen and oxygen atoms in total. The molecule has 1 fully saturated rings. The van der Waals surface area contributed by atoms with Crippen LogP contribution < -0.4 is 5.32 Å². The second kappa shape index (κ2) is 6.09. The number of pyridine rings is 1. The lowest BCUT2D eigenvalue weighted by atomic mass is 10.0. The summed E-state index contributed by atoms with van der Waals surface area (Å²) in [5, 5.41) is 3.38. The maximum atomic E-state index is 13.1. The van der Waals surface area contributed by atoms with Crippen LogP contribution in [-0.2, 0) is 0 Å². The first-order chi connectivity index (χ1) is 11.7. The molecule has 1 atom stereocenters. The molecule has 122 valence electrons. The highest BCUT2D eigenvalue weighted by molar-refractivity contribution is 5.93. The van der Waals surface area contributed by atoms with E-state index in [2.05, 4.69) is 22.4 Å². The van der Waals surface area contributed by atoms with Crippen molar-refractivity contribution in [1.29, 1.82) is 0 Å². The highest BCUT2D eigenvalue weighted by Gasteiger charge is 2.29. The third-order valence-corrected chi connectivity index (χ3v) is 4.51. The summed E-state index contributed by atoms with van der Waals surface area (Å²) < 4.78 is 1.92. The monoisotopic (exact) mass is 320 g/mol. The number of carbonyl (C=O) groups is 1. The number of imidazole rings is 1. The fourth-order valence-corrected chi connectivity index (χ4v) is 3.27. The third kappa shape index (κ3) is 2.67. The number of nitrogens with zero attached hydrogens (tertiary/aromatic N) is 3. The van der Waals surface area contributed by atoms with Crippen molar-refractivity contribution in [3.63, 3.8) is 0 Å². The lowest BCUT2D eigenvalue weighted by Gasteiger charge is -2.36. The molecule has 0 radical (unpaired) electrons. The SMILES string of the molecule is Cc1ccc2nc(C(=O)N3CCNC[C@H]3c3ccccc3)cn2c1. The third-order valence-electron chi connectivity index (χ3n) is 4.51. The molecule has 1 amide bonds.